The minimum atomic E-state index is -0.817. The molecule has 4 saturated heterocycles. The van der Waals surface area contributed by atoms with E-state index in [-0.39, 0.29) is 72.9 Å². The summed E-state index contributed by atoms with van der Waals surface area (Å²) in [5.41, 5.74) is 14.4. The first kappa shape index (κ1) is 49.4. The fourth-order valence-electron chi connectivity index (χ4n) is 11.7. The van der Waals surface area contributed by atoms with Crippen molar-refractivity contribution in [1.29, 1.82) is 0 Å². The summed E-state index contributed by atoms with van der Waals surface area (Å²) in [6, 6.07) is 22.6. The van der Waals surface area contributed by atoms with E-state index >= 15 is 0 Å². The number of amides is 2. The normalized spacial score (nSPS) is 23.8. The number of piperidine rings is 1. The number of aromatic nitrogens is 5. The number of nitrogen functional groups attached to an aromatic ring is 1. The number of rotatable bonds is 15. The van der Waals surface area contributed by atoms with Gasteiger partial charge in [-0.2, -0.15) is 0 Å². The van der Waals surface area contributed by atoms with E-state index in [0.717, 1.165) is 97.8 Å². The zero-order chi connectivity index (χ0) is 51.2. The summed E-state index contributed by atoms with van der Waals surface area (Å²) in [7, 11) is 0. The first-order valence-electron chi connectivity index (χ1n) is 26.1. The maximum atomic E-state index is 14.4. The van der Waals surface area contributed by atoms with Crippen molar-refractivity contribution in [1.82, 2.24) is 35.5 Å². The largest absolute Gasteiger partial charge is 0.507 e. The molecule has 5 fully saturated rings. The third kappa shape index (κ3) is 10.1. The number of likely N-dealkylation sites (tertiary alicyclic amines) is 1. The number of phenolic OH excluding ortho intramolecular Hbond substituents is 1. The van der Waals surface area contributed by atoms with Gasteiger partial charge >= 0.3 is 0 Å². The minimum absolute atomic E-state index is 0.0293. The molecule has 388 valence electrons. The molecule has 2 amide bonds. The number of aryl methyl sites for hydroxylation is 1. The average Bonchev–Trinajstić information content (AvgIpc) is 4.20. The van der Waals surface area contributed by atoms with Gasteiger partial charge in [-0.15, -0.1) is 21.5 Å². The van der Waals surface area contributed by atoms with Crippen molar-refractivity contribution < 1.29 is 33.8 Å². The van der Waals surface area contributed by atoms with Crippen LogP contribution < -0.4 is 30.5 Å². The molecule has 4 aromatic heterocycles. The Morgan fingerprint density at radius 3 is 2.34 bits per heavy atom. The molecule has 5 aliphatic rings. The number of aromatic hydroxyl groups is 1. The molecule has 3 unspecified atom stereocenters. The van der Waals surface area contributed by atoms with Crippen molar-refractivity contribution in [2.24, 2.45) is 5.92 Å². The van der Waals surface area contributed by atoms with E-state index in [1.807, 2.05) is 87.9 Å². The highest BCUT2D eigenvalue weighted by atomic mass is 32.1. The fraction of sp³-hybridized carbons (Fsp3) is 0.473. The highest BCUT2D eigenvalue weighted by molar-refractivity contribution is 7.13. The molecule has 6 aromatic rings. The maximum absolute atomic E-state index is 14.4. The van der Waals surface area contributed by atoms with Gasteiger partial charge in [-0.05, 0) is 80.8 Å². The number of para-hydroxylation sites is 1. The molecule has 6 atom stereocenters. The van der Waals surface area contributed by atoms with Gasteiger partial charge < -0.3 is 54.9 Å². The van der Waals surface area contributed by atoms with Crippen molar-refractivity contribution in [2.75, 3.05) is 53.2 Å². The molecular formula is C55H65N11O7S. The number of carbonyl (C=O) groups excluding carboxylic acids is 2. The first-order valence-corrected chi connectivity index (χ1v) is 26.9. The second-order valence-electron chi connectivity index (χ2n) is 21.0. The topological polar surface area (TPSA) is 222 Å². The lowest BCUT2D eigenvalue weighted by Crippen LogP contribution is -2.54. The number of nitrogens with one attached hydrogen (secondary N) is 1. The summed E-state index contributed by atoms with van der Waals surface area (Å²) in [5, 5.41) is 37.3. The van der Waals surface area contributed by atoms with Crippen molar-refractivity contribution >= 4 is 46.2 Å². The Morgan fingerprint density at radius 2 is 1.62 bits per heavy atom. The van der Waals surface area contributed by atoms with Crippen molar-refractivity contribution in [3.05, 3.63) is 102 Å². The van der Waals surface area contributed by atoms with Crippen molar-refractivity contribution in [2.45, 2.75) is 127 Å². The standard InChI is InChI=1S/C55H65N11O7S/c1-31(2)51(55(70)65-29-39(67)22-46(65)54(69)59-32(3)34-9-11-35(12-10-34)52-33(4)58-30-74-52)48-26-49(62-73-48)63-19-16-40(17-20-63)71-41-23-42(24-41)72-50-21-36(15-18-57-50)66-37-13-14-38(66)28-64(27-37)45-25-44(60-61-53(45)56)43-7-5-6-8-47(43)68/h5-12,15,18,21,25-26,30-32,37-42,46,51,67-68H,13-14,16-17,19-20,22-24,27-29H2,1-4H3,(H2,56,61)(H,59,69)/t32-,37?,38?,39+,41-,42-,46-,51?/m0/s1. The Balaban J connectivity index is 0.642. The van der Waals surface area contributed by atoms with Crippen LogP contribution in [-0.4, -0.2) is 128 Å². The van der Waals surface area contributed by atoms with Crippen LogP contribution in [0.4, 0.5) is 23.0 Å². The predicted molar refractivity (Wildman–Crippen MR) is 282 cm³/mol. The molecule has 1 aliphatic carbocycles. The number of aliphatic hydroxyl groups excluding tert-OH is 1. The lowest BCUT2D eigenvalue weighted by molar-refractivity contribution is -0.141. The Hall–Kier alpha value is -6.83. The fourth-order valence-corrected chi connectivity index (χ4v) is 12.5. The van der Waals surface area contributed by atoms with Crippen LogP contribution in [0.25, 0.3) is 21.7 Å². The second-order valence-corrected chi connectivity index (χ2v) is 21.9. The molecule has 18 nitrogen and oxygen atoms in total. The molecule has 5 N–H and O–H groups in total. The molecule has 4 aliphatic heterocycles. The Morgan fingerprint density at radius 1 is 0.865 bits per heavy atom. The number of hydrogen-bond donors (Lipinski definition) is 4. The van der Waals surface area contributed by atoms with E-state index in [2.05, 4.69) is 57.5 Å². The number of benzene rings is 2. The van der Waals surface area contributed by atoms with Crippen molar-refractivity contribution in [3.63, 3.8) is 0 Å². The van der Waals surface area contributed by atoms with Crippen LogP contribution in [0.5, 0.6) is 11.6 Å². The van der Waals surface area contributed by atoms with E-state index in [1.165, 1.54) is 4.90 Å². The van der Waals surface area contributed by atoms with E-state index in [1.54, 1.807) is 23.5 Å². The molecule has 0 radical (unpaired) electrons. The molecule has 19 heteroatoms. The summed E-state index contributed by atoms with van der Waals surface area (Å²) in [5.74, 6) is 0.888. The monoisotopic (exact) mass is 1020 g/mol. The van der Waals surface area contributed by atoms with Crippen LogP contribution in [0.3, 0.4) is 0 Å². The number of β-amino-alcohol motifs (C(OH)–C–C–N with tert-alkyl or cyclic N) is 1. The van der Waals surface area contributed by atoms with E-state index < -0.39 is 18.1 Å². The van der Waals surface area contributed by atoms with E-state index in [0.29, 0.717) is 34.5 Å². The smallest absolute Gasteiger partial charge is 0.243 e. The highest BCUT2D eigenvalue weighted by Gasteiger charge is 2.45. The third-order valence-corrected chi connectivity index (χ3v) is 16.7. The first-order chi connectivity index (χ1) is 35.8. The Bertz CT molecular complexity index is 2940. The molecule has 74 heavy (non-hydrogen) atoms. The number of anilines is 4. The van der Waals surface area contributed by atoms with Crippen molar-refractivity contribution in [3.8, 4) is 33.3 Å². The van der Waals surface area contributed by atoms with Gasteiger partial charge in [0.25, 0.3) is 0 Å². The predicted octanol–water partition coefficient (Wildman–Crippen LogP) is 7.28. The van der Waals surface area contributed by atoms with Gasteiger partial charge in [0.15, 0.2) is 17.4 Å². The highest BCUT2D eigenvalue weighted by Crippen LogP contribution is 2.41. The van der Waals surface area contributed by atoms with Gasteiger partial charge in [0, 0.05) is 93.7 Å². The summed E-state index contributed by atoms with van der Waals surface area (Å²) >= 11 is 1.59. The zero-order valence-electron chi connectivity index (χ0n) is 42.3. The van der Waals surface area contributed by atoms with Gasteiger partial charge in [0.05, 0.1) is 51.8 Å². The van der Waals surface area contributed by atoms with Crippen LogP contribution in [0.2, 0.25) is 0 Å². The lowest BCUT2D eigenvalue weighted by Gasteiger charge is -2.43. The molecule has 8 heterocycles. The Labute approximate surface area is 434 Å². The van der Waals surface area contributed by atoms with E-state index in [4.69, 9.17) is 19.7 Å². The van der Waals surface area contributed by atoms with Gasteiger partial charge in [0.1, 0.15) is 23.8 Å². The number of thiazole rings is 1. The van der Waals surface area contributed by atoms with Gasteiger partial charge in [-0.25, -0.2) is 9.97 Å². The minimum Gasteiger partial charge on any atom is -0.507 e. The number of nitrogens with zero attached hydrogens (tertiary/aromatic N) is 9. The summed E-state index contributed by atoms with van der Waals surface area (Å²) in [6.07, 6.45) is 6.82. The number of hydrogen-bond acceptors (Lipinski definition) is 17. The lowest BCUT2D eigenvalue weighted by atomic mass is 9.91. The van der Waals surface area contributed by atoms with Crippen LogP contribution in [0.1, 0.15) is 94.7 Å². The van der Waals surface area contributed by atoms with Crippen LogP contribution in [-0.2, 0) is 14.3 Å². The van der Waals surface area contributed by atoms with Gasteiger partial charge in [-0.3, -0.25) is 9.59 Å². The zero-order valence-corrected chi connectivity index (χ0v) is 43.1. The number of piperazine rings is 1. The SMILES string of the molecule is Cc1ncsc1-c1ccc([C@H](C)NC(=O)[C@@H]2C[C@@H](O)CN2C(=O)C(c2cc(N3CCC(O[C@H]4C[C@H](Oc5cc(N6C7CCC6CN(c6cc(-c8ccccc8O)nnc6N)C7)ccn5)C4)CC3)no2)C(C)C)cc1. The number of nitrogens with two attached hydrogens (primary N) is 1. The van der Waals surface area contributed by atoms with Gasteiger partial charge in [-0.1, -0.05) is 55.4 Å². The molecule has 1 saturated carbocycles. The summed E-state index contributed by atoms with van der Waals surface area (Å²) in [6.45, 7) is 10.9. The maximum Gasteiger partial charge on any atom is 0.243 e. The number of fused-ring (bicyclic) bond motifs is 2. The van der Waals surface area contributed by atoms with Crippen LogP contribution >= 0.6 is 11.3 Å². The number of aliphatic hydroxyl groups is 1. The molecule has 0 spiro atoms. The van der Waals surface area contributed by atoms with Gasteiger partial charge in [0.2, 0.25) is 17.7 Å². The summed E-state index contributed by atoms with van der Waals surface area (Å²) < 4.78 is 18.9. The number of pyridine rings is 1. The van der Waals surface area contributed by atoms with Crippen LogP contribution in [0, 0.1) is 12.8 Å². The van der Waals surface area contributed by atoms with Crippen LogP contribution in [0.15, 0.2) is 89.0 Å². The van der Waals surface area contributed by atoms with E-state index in [9.17, 15) is 19.8 Å². The quantitative estimate of drug-likeness (QED) is 0.0794. The molecule has 2 bridgehead atoms. The molecular weight excluding hydrogens is 959 g/mol. The Kier molecular flexibility index (Phi) is 13.9. The number of phenols is 1. The average molecular weight is 1020 g/mol. The number of carbonyl (C=O) groups is 2. The second kappa shape index (κ2) is 20.8. The number of ether oxygens (including phenoxy) is 2. The third-order valence-electron chi connectivity index (χ3n) is 15.7. The summed E-state index contributed by atoms with van der Waals surface area (Å²) in [4.78, 5) is 46.8. The molecule has 2 aromatic carbocycles. The molecule has 11 rings (SSSR count).